The van der Waals surface area contributed by atoms with Gasteiger partial charge in [-0.05, 0) is 43.3 Å². The van der Waals surface area contributed by atoms with Crippen LogP contribution in [0.2, 0.25) is 5.02 Å². The maximum absolute atomic E-state index is 12.2. The van der Waals surface area contributed by atoms with Crippen molar-refractivity contribution in [3.8, 4) is 5.69 Å². The Morgan fingerprint density at radius 3 is 2.73 bits per heavy atom. The zero-order valence-electron chi connectivity index (χ0n) is 14.1. The SMILES string of the molecule is CC(=O)c1cccc(NC(=O)CNc2cc(Cl)ccc2-n2cccn2)c1. The third-order valence-corrected chi connectivity index (χ3v) is 3.94. The molecule has 132 valence electrons. The van der Waals surface area contributed by atoms with Crippen LogP contribution in [-0.2, 0) is 4.79 Å². The van der Waals surface area contributed by atoms with E-state index in [1.807, 2.05) is 18.3 Å². The number of nitrogens with one attached hydrogen (secondary N) is 2. The van der Waals surface area contributed by atoms with E-state index in [0.29, 0.717) is 22.0 Å². The summed E-state index contributed by atoms with van der Waals surface area (Å²) in [6.07, 6.45) is 3.48. The van der Waals surface area contributed by atoms with Crippen LogP contribution < -0.4 is 10.6 Å². The molecule has 3 rings (SSSR count). The lowest BCUT2D eigenvalue weighted by atomic mass is 10.1. The third-order valence-electron chi connectivity index (χ3n) is 3.70. The first-order valence-electron chi connectivity index (χ1n) is 7.97. The molecule has 0 spiro atoms. The Hall–Kier alpha value is -3.12. The minimum absolute atomic E-state index is 0.0406. The molecule has 1 aromatic heterocycles. The zero-order chi connectivity index (χ0) is 18.5. The number of ketones is 1. The molecule has 7 heteroatoms. The third kappa shape index (κ3) is 4.29. The maximum Gasteiger partial charge on any atom is 0.243 e. The van der Waals surface area contributed by atoms with E-state index in [1.165, 1.54) is 6.92 Å². The van der Waals surface area contributed by atoms with Gasteiger partial charge in [0.15, 0.2) is 5.78 Å². The molecule has 2 aromatic carbocycles. The van der Waals surface area contributed by atoms with Gasteiger partial charge in [0.1, 0.15) is 0 Å². The summed E-state index contributed by atoms with van der Waals surface area (Å²) in [7, 11) is 0. The number of benzene rings is 2. The van der Waals surface area contributed by atoms with Crippen molar-refractivity contribution in [2.24, 2.45) is 0 Å². The minimum Gasteiger partial charge on any atom is -0.374 e. The number of hydrogen-bond acceptors (Lipinski definition) is 4. The van der Waals surface area contributed by atoms with Crippen molar-refractivity contribution >= 4 is 34.7 Å². The van der Waals surface area contributed by atoms with E-state index in [0.717, 1.165) is 5.69 Å². The molecule has 1 amide bonds. The highest BCUT2D eigenvalue weighted by atomic mass is 35.5. The molecule has 2 N–H and O–H groups in total. The number of hydrogen-bond donors (Lipinski definition) is 2. The Morgan fingerprint density at radius 1 is 1.15 bits per heavy atom. The largest absolute Gasteiger partial charge is 0.374 e. The summed E-state index contributed by atoms with van der Waals surface area (Å²) in [6, 6.07) is 14.0. The molecular weight excluding hydrogens is 352 g/mol. The van der Waals surface area contributed by atoms with Gasteiger partial charge in [-0.2, -0.15) is 5.10 Å². The molecule has 0 radical (unpaired) electrons. The van der Waals surface area contributed by atoms with Crippen molar-refractivity contribution in [2.75, 3.05) is 17.2 Å². The van der Waals surface area contributed by atoms with Gasteiger partial charge in [0.2, 0.25) is 5.91 Å². The number of halogens is 1. The van der Waals surface area contributed by atoms with Gasteiger partial charge in [0, 0.05) is 28.7 Å². The fourth-order valence-corrected chi connectivity index (χ4v) is 2.63. The second-order valence-corrected chi connectivity index (χ2v) is 6.09. The molecule has 0 saturated carbocycles. The zero-order valence-corrected chi connectivity index (χ0v) is 14.8. The van der Waals surface area contributed by atoms with E-state index in [-0.39, 0.29) is 18.2 Å². The lowest BCUT2D eigenvalue weighted by molar-refractivity contribution is -0.114. The van der Waals surface area contributed by atoms with Gasteiger partial charge in [0.25, 0.3) is 0 Å². The second-order valence-electron chi connectivity index (χ2n) is 5.65. The molecule has 3 aromatic rings. The van der Waals surface area contributed by atoms with E-state index >= 15 is 0 Å². The molecule has 0 aliphatic carbocycles. The van der Waals surface area contributed by atoms with Gasteiger partial charge in [-0.25, -0.2) is 4.68 Å². The Morgan fingerprint density at radius 2 is 2.00 bits per heavy atom. The summed E-state index contributed by atoms with van der Waals surface area (Å²) < 4.78 is 1.69. The first-order chi connectivity index (χ1) is 12.5. The Labute approximate surface area is 155 Å². The number of aromatic nitrogens is 2. The highest BCUT2D eigenvalue weighted by molar-refractivity contribution is 6.31. The van der Waals surface area contributed by atoms with Gasteiger partial charge in [0.05, 0.1) is 17.9 Å². The van der Waals surface area contributed by atoms with Crippen molar-refractivity contribution in [2.45, 2.75) is 6.92 Å². The molecule has 0 saturated heterocycles. The van der Waals surface area contributed by atoms with Crippen LogP contribution in [0.5, 0.6) is 0 Å². The highest BCUT2D eigenvalue weighted by Gasteiger charge is 2.09. The normalized spacial score (nSPS) is 10.4. The number of anilines is 2. The standard InChI is InChI=1S/C19H17ClN4O2/c1-13(25)14-4-2-5-16(10-14)23-19(26)12-21-17-11-15(20)6-7-18(17)24-9-3-8-22-24/h2-11,21H,12H2,1H3,(H,23,26). The topological polar surface area (TPSA) is 76.0 Å². The van der Waals surface area contributed by atoms with Crippen molar-refractivity contribution in [1.29, 1.82) is 0 Å². The molecule has 0 aliphatic rings. The summed E-state index contributed by atoms with van der Waals surface area (Å²) in [5, 5.41) is 10.6. The Balaban J connectivity index is 1.69. The van der Waals surface area contributed by atoms with Gasteiger partial charge in [-0.3, -0.25) is 9.59 Å². The van der Waals surface area contributed by atoms with Crippen LogP contribution in [0.25, 0.3) is 5.69 Å². The van der Waals surface area contributed by atoms with Gasteiger partial charge >= 0.3 is 0 Å². The lowest BCUT2D eigenvalue weighted by Crippen LogP contribution is -2.22. The number of carbonyl (C=O) groups excluding carboxylic acids is 2. The Kier molecular flexibility index (Phi) is 5.34. The molecule has 26 heavy (non-hydrogen) atoms. The maximum atomic E-state index is 12.2. The van der Waals surface area contributed by atoms with Crippen molar-refractivity contribution in [1.82, 2.24) is 9.78 Å². The summed E-state index contributed by atoms with van der Waals surface area (Å²) >= 11 is 6.07. The molecule has 0 bridgehead atoms. The van der Waals surface area contributed by atoms with E-state index in [9.17, 15) is 9.59 Å². The highest BCUT2D eigenvalue weighted by Crippen LogP contribution is 2.24. The van der Waals surface area contributed by atoms with E-state index in [4.69, 9.17) is 11.6 Å². The van der Waals surface area contributed by atoms with E-state index in [1.54, 1.807) is 47.3 Å². The van der Waals surface area contributed by atoms with Crippen LogP contribution in [0.15, 0.2) is 60.9 Å². The molecule has 0 unspecified atom stereocenters. The minimum atomic E-state index is -0.239. The second kappa shape index (κ2) is 7.84. The summed E-state index contributed by atoms with van der Waals surface area (Å²) in [5.41, 5.74) is 2.59. The lowest BCUT2D eigenvalue weighted by Gasteiger charge is -2.13. The van der Waals surface area contributed by atoms with Crippen LogP contribution in [0.3, 0.4) is 0 Å². The fourth-order valence-electron chi connectivity index (χ4n) is 2.46. The van der Waals surface area contributed by atoms with Crippen molar-refractivity contribution in [3.05, 3.63) is 71.5 Å². The quantitative estimate of drug-likeness (QED) is 0.649. The molecule has 0 fully saturated rings. The summed E-state index contributed by atoms with van der Waals surface area (Å²) in [4.78, 5) is 23.7. The fraction of sp³-hybridized carbons (Fsp3) is 0.105. The average Bonchev–Trinajstić information content (AvgIpc) is 3.14. The van der Waals surface area contributed by atoms with Crippen molar-refractivity contribution in [3.63, 3.8) is 0 Å². The van der Waals surface area contributed by atoms with Crippen molar-refractivity contribution < 1.29 is 9.59 Å². The predicted octanol–water partition coefficient (Wildman–Crippen LogP) is 3.78. The van der Waals surface area contributed by atoms with Gasteiger partial charge in [-0.1, -0.05) is 23.7 Å². The first kappa shape index (κ1) is 17.7. The molecule has 0 aliphatic heterocycles. The number of amides is 1. The van der Waals surface area contributed by atoms with E-state index < -0.39 is 0 Å². The van der Waals surface area contributed by atoms with Crippen LogP contribution in [0, 0.1) is 0 Å². The van der Waals surface area contributed by atoms with Gasteiger partial charge in [-0.15, -0.1) is 0 Å². The van der Waals surface area contributed by atoms with Gasteiger partial charge < -0.3 is 10.6 Å². The molecular formula is C19H17ClN4O2. The number of Topliss-reactive ketones (excluding diaryl/α,β-unsaturated/α-hetero) is 1. The number of carbonyl (C=O) groups is 2. The van der Waals surface area contributed by atoms with Crippen LogP contribution in [0.4, 0.5) is 11.4 Å². The molecule has 6 nitrogen and oxygen atoms in total. The molecule has 1 heterocycles. The van der Waals surface area contributed by atoms with E-state index in [2.05, 4.69) is 15.7 Å². The Bertz CT molecular complexity index is 938. The number of nitrogens with zero attached hydrogens (tertiary/aromatic N) is 2. The van der Waals surface area contributed by atoms with Crippen LogP contribution in [0.1, 0.15) is 17.3 Å². The number of rotatable bonds is 6. The first-order valence-corrected chi connectivity index (χ1v) is 8.35. The summed E-state index contributed by atoms with van der Waals surface area (Å²) in [6.45, 7) is 1.53. The van der Waals surface area contributed by atoms with Crippen LogP contribution in [-0.4, -0.2) is 28.0 Å². The van der Waals surface area contributed by atoms with Crippen LogP contribution >= 0.6 is 11.6 Å². The smallest absolute Gasteiger partial charge is 0.243 e. The molecule has 0 atom stereocenters. The average molecular weight is 369 g/mol. The monoisotopic (exact) mass is 368 g/mol. The summed E-state index contributed by atoms with van der Waals surface area (Å²) in [5.74, 6) is -0.292. The predicted molar refractivity (Wildman–Crippen MR) is 102 cm³/mol.